The Bertz CT molecular complexity index is 595. The molecule has 2 fully saturated rings. The molecule has 1 aromatic rings. The van der Waals surface area contributed by atoms with E-state index in [0.717, 1.165) is 39.0 Å². The van der Waals surface area contributed by atoms with Crippen LogP contribution >= 0.6 is 0 Å². The Morgan fingerprint density at radius 1 is 1.00 bits per heavy atom. The van der Waals surface area contributed by atoms with Crippen molar-refractivity contribution in [3.05, 3.63) is 35.9 Å². The molecule has 1 aromatic carbocycles. The highest BCUT2D eigenvalue weighted by Crippen LogP contribution is 2.18. The maximum Gasteiger partial charge on any atom is 0.234 e. The highest BCUT2D eigenvalue weighted by Gasteiger charge is 2.25. The van der Waals surface area contributed by atoms with Crippen LogP contribution in [0.4, 0.5) is 0 Å². The number of piperazine rings is 1. The molecule has 2 amide bonds. The van der Waals surface area contributed by atoms with Crippen LogP contribution in [-0.4, -0.2) is 73.5 Å². The predicted molar refractivity (Wildman–Crippen MR) is 102 cm³/mol. The Kier molecular flexibility index (Phi) is 6.63. The van der Waals surface area contributed by atoms with E-state index in [0.29, 0.717) is 31.6 Å². The molecule has 6 heteroatoms. The molecule has 1 atom stereocenters. The van der Waals surface area contributed by atoms with E-state index in [2.05, 4.69) is 39.5 Å². The van der Waals surface area contributed by atoms with Gasteiger partial charge in [-0.25, -0.2) is 0 Å². The number of hydrogen-bond acceptors (Lipinski definition) is 4. The molecule has 6 nitrogen and oxygen atoms in total. The van der Waals surface area contributed by atoms with Crippen molar-refractivity contribution in [3.8, 4) is 0 Å². The minimum atomic E-state index is 0.0766. The second kappa shape index (κ2) is 9.14. The number of hydrogen-bond donors (Lipinski definition) is 2. The molecule has 2 aliphatic rings. The zero-order chi connectivity index (χ0) is 18.4. The third-order valence-electron chi connectivity index (χ3n) is 5.12. The molecule has 0 spiro atoms. The molecular weight excluding hydrogens is 328 g/mol. The van der Waals surface area contributed by atoms with Gasteiger partial charge in [-0.05, 0) is 24.3 Å². The minimum Gasteiger partial charge on any atom is -0.354 e. The molecule has 2 N–H and O–H groups in total. The van der Waals surface area contributed by atoms with E-state index in [4.69, 9.17) is 0 Å². The third-order valence-corrected chi connectivity index (χ3v) is 5.12. The van der Waals surface area contributed by atoms with Gasteiger partial charge in [0.1, 0.15) is 0 Å². The first-order valence-corrected chi connectivity index (χ1v) is 9.66. The van der Waals surface area contributed by atoms with E-state index < -0.39 is 0 Å². The number of nitrogens with one attached hydrogen (secondary N) is 2. The summed E-state index contributed by atoms with van der Waals surface area (Å²) in [4.78, 5) is 28.4. The van der Waals surface area contributed by atoms with Crippen molar-refractivity contribution in [2.75, 3.05) is 45.8 Å². The Morgan fingerprint density at radius 2 is 1.58 bits per heavy atom. The maximum atomic E-state index is 12.2. The van der Waals surface area contributed by atoms with Gasteiger partial charge < -0.3 is 10.6 Å². The van der Waals surface area contributed by atoms with Crippen LogP contribution in [0.3, 0.4) is 0 Å². The zero-order valence-electron chi connectivity index (χ0n) is 15.6. The molecule has 1 aliphatic heterocycles. The largest absolute Gasteiger partial charge is 0.354 e. The second-order valence-electron chi connectivity index (χ2n) is 7.51. The van der Waals surface area contributed by atoms with Crippen LogP contribution < -0.4 is 10.6 Å². The molecule has 142 valence electrons. The summed E-state index contributed by atoms with van der Waals surface area (Å²) < 4.78 is 0. The predicted octanol–water partition coefficient (Wildman–Crippen LogP) is 0.803. The lowest BCUT2D eigenvalue weighted by molar-refractivity contribution is -0.125. The average molecular weight is 358 g/mol. The highest BCUT2D eigenvalue weighted by molar-refractivity contribution is 5.79. The van der Waals surface area contributed by atoms with Crippen molar-refractivity contribution in [1.29, 1.82) is 0 Å². The molecule has 0 bridgehead atoms. The lowest BCUT2D eigenvalue weighted by Crippen LogP contribution is -2.51. The maximum absolute atomic E-state index is 12.2. The quantitative estimate of drug-likeness (QED) is 0.722. The molecule has 0 aromatic heterocycles. The van der Waals surface area contributed by atoms with E-state index in [1.165, 1.54) is 5.56 Å². The van der Waals surface area contributed by atoms with Gasteiger partial charge >= 0.3 is 0 Å². The second-order valence-corrected chi connectivity index (χ2v) is 7.51. The Labute approximate surface area is 155 Å². The molecule has 3 rings (SSSR count). The van der Waals surface area contributed by atoms with Gasteiger partial charge in [-0.3, -0.25) is 19.4 Å². The van der Waals surface area contributed by atoms with Crippen LogP contribution in [0.1, 0.15) is 31.2 Å². The molecule has 26 heavy (non-hydrogen) atoms. The van der Waals surface area contributed by atoms with Gasteiger partial charge in [-0.15, -0.1) is 0 Å². The fourth-order valence-electron chi connectivity index (χ4n) is 3.23. The van der Waals surface area contributed by atoms with E-state index in [1.54, 1.807) is 0 Å². The third kappa shape index (κ3) is 6.11. The summed E-state index contributed by atoms with van der Waals surface area (Å²) in [5.41, 5.74) is 1.24. The SMILES string of the molecule is C[C@@H](CNC(=O)CN1CCN(CC(=O)NC2CC2)CC1)c1ccccc1. The van der Waals surface area contributed by atoms with Gasteiger partial charge in [-0.2, -0.15) is 0 Å². The van der Waals surface area contributed by atoms with E-state index in [-0.39, 0.29) is 11.8 Å². The molecule has 1 saturated carbocycles. The summed E-state index contributed by atoms with van der Waals surface area (Å²) in [6.45, 7) is 7.04. The van der Waals surface area contributed by atoms with Crippen molar-refractivity contribution in [2.45, 2.75) is 31.7 Å². The molecule has 1 heterocycles. The van der Waals surface area contributed by atoms with Crippen molar-refractivity contribution >= 4 is 11.8 Å². The van der Waals surface area contributed by atoms with Crippen LogP contribution in [0.5, 0.6) is 0 Å². The van der Waals surface area contributed by atoms with Crippen LogP contribution in [0.25, 0.3) is 0 Å². The average Bonchev–Trinajstić information content (AvgIpc) is 3.46. The first kappa shape index (κ1) is 18.9. The van der Waals surface area contributed by atoms with Gasteiger partial charge in [-0.1, -0.05) is 37.3 Å². The fourth-order valence-corrected chi connectivity index (χ4v) is 3.23. The van der Waals surface area contributed by atoms with Crippen LogP contribution in [0.2, 0.25) is 0 Å². The summed E-state index contributed by atoms with van der Waals surface area (Å²) >= 11 is 0. The highest BCUT2D eigenvalue weighted by atomic mass is 16.2. The van der Waals surface area contributed by atoms with Gasteiger partial charge in [0.25, 0.3) is 0 Å². The normalized spacial score (nSPS) is 19.7. The van der Waals surface area contributed by atoms with Crippen molar-refractivity contribution in [3.63, 3.8) is 0 Å². The van der Waals surface area contributed by atoms with Crippen LogP contribution in [-0.2, 0) is 9.59 Å². The van der Waals surface area contributed by atoms with E-state index in [9.17, 15) is 9.59 Å². The number of amides is 2. The zero-order valence-corrected chi connectivity index (χ0v) is 15.6. The summed E-state index contributed by atoms with van der Waals surface area (Å²) in [7, 11) is 0. The van der Waals surface area contributed by atoms with Crippen molar-refractivity contribution in [2.24, 2.45) is 0 Å². The smallest absolute Gasteiger partial charge is 0.234 e. The topological polar surface area (TPSA) is 64.7 Å². The summed E-state index contributed by atoms with van der Waals surface area (Å²) in [5, 5.41) is 6.07. The number of carbonyl (C=O) groups excluding carboxylic acids is 2. The Balaban J connectivity index is 1.31. The molecule has 1 aliphatic carbocycles. The standard InChI is InChI=1S/C20H30N4O2/c1-16(17-5-3-2-4-6-17)13-21-19(25)14-23-9-11-24(12-10-23)15-20(26)22-18-7-8-18/h2-6,16,18H,7-15H2,1H3,(H,21,25)(H,22,26)/t16-/m0/s1. The lowest BCUT2D eigenvalue weighted by Gasteiger charge is -2.33. The lowest BCUT2D eigenvalue weighted by atomic mass is 10.0. The van der Waals surface area contributed by atoms with E-state index >= 15 is 0 Å². The van der Waals surface area contributed by atoms with Crippen molar-refractivity contribution < 1.29 is 9.59 Å². The molecule has 0 unspecified atom stereocenters. The number of benzene rings is 1. The summed E-state index contributed by atoms with van der Waals surface area (Å²) in [6.07, 6.45) is 2.25. The monoisotopic (exact) mass is 358 g/mol. The number of carbonyl (C=O) groups is 2. The molecule has 1 saturated heterocycles. The molecular formula is C20H30N4O2. The Hall–Kier alpha value is -1.92. The molecule has 0 radical (unpaired) electrons. The van der Waals surface area contributed by atoms with Crippen LogP contribution in [0, 0.1) is 0 Å². The summed E-state index contributed by atoms with van der Waals surface area (Å²) in [5.74, 6) is 0.517. The van der Waals surface area contributed by atoms with Crippen LogP contribution in [0.15, 0.2) is 30.3 Å². The first-order valence-electron chi connectivity index (χ1n) is 9.66. The Morgan fingerprint density at radius 3 is 2.15 bits per heavy atom. The van der Waals surface area contributed by atoms with Gasteiger partial charge in [0.15, 0.2) is 0 Å². The van der Waals surface area contributed by atoms with Crippen molar-refractivity contribution in [1.82, 2.24) is 20.4 Å². The van der Waals surface area contributed by atoms with Gasteiger partial charge in [0.2, 0.25) is 11.8 Å². The van der Waals surface area contributed by atoms with Gasteiger partial charge in [0.05, 0.1) is 13.1 Å². The number of nitrogens with zero attached hydrogens (tertiary/aromatic N) is 2. The minimum absolute atomic E-state index is 0.0766. The first-order chi connectivity index (χ1) is 12.6. The van der Waals surface area contributed by atoms with E-state index in [1.807, 2.05) is 18.2 Å². The summed E-state index contributed by atoms with van der Waals surface area (Å²) in [6, 6.07) is 10.7. The fraction of sp³-hybridized carbons (Fsp3) is 0.600. The van der Waals surface area contributed by atoms with Gasteiger partial charge in [0, 0.05) is 38.8 Å². The number of rotatable bonds is 8.